The van der Waals surface area contributed by atoms with Crippen molar-refractivity contribution in [3.05, 3.63) is 84.7 Å². The van der Waals surface area contributed by atoms with E-state index in [1.54, 1.807) is 12.4 Å². The van der Waals surface area contributed by atoms with E-state index in [4.69, 9.17) is 0 Å². The fourth-order valence-corrected chi connectivity index (χ4v) is 3.98. The van der Waals surface area contributed by atoms with Gasteiger partial charge in [0.2, 0.25) is 5.91 Å². The predicted octanol–water partition coefficient (Wildman–Crippen LogP) is 5.01. The fourth-order valence-electron chi connectivity index (χ4n) is 3.23. The summed E-state index contributed by atoms with van der Waals surface area (Å²) in [6.45, 7) is 2.15. The number of amides is 1. The molecule has 4 aromatic rings. The first-order valence-electron chi connectivity index (χ1n) is 10.2. The number of aromatic nitrogens is 4. The quantitative estimate of drug-likeness (QED) is 0.399. The summed E-state index contributed by atoms with van der Waals surface area (Å²) in [6, 6.07) is 21.7. The van der Waals surface area contributed by atoms with Crippen molar-refractivity contribution in [2.24, 2.45) is 0 Å². The molecule has 1 N–H and O–H groups in total. The molecule has 0 fully saturated rings. The van der Waals surface area contributed by atoms with Crippen LogP contribution in [0.1, 0.15) is 18.9 Å². The van der Waals surface area contributed by atoms with E-state index in [-0.39, 0.29) is 11.7 Å². The van der Waals surface area contributed by atoms with Gasteiger partial charge in [0.15, 0.2) is 11.0 Å². The molecule has 0 bridgehead atoms. The Hall–Kier alpha value is -3.45. The van der Waals surface area contributed by atoms with Crippen molar-refractivity contribution < 1.29 is 4.79 Å². The van der Waals surface area contributed by atoms with Gasteiger partial charge in [-0.1, -0.05) is 55.4 Å². The van der Waals surface area contributed by atoms with E-state index < -0.39 is 0 Å². The number of para-hydroxylation sites is 1. The molecule has 0 radical (unpaired) electrons. The Kier molecular flexibility index (Phi) is 6.74. The van der Waals surface area contributed by atoms with Gasteiger partial charge in [-0.25, -0.2) is 0 Å². The zero-order chi connectivity index (χ0) is 21.5. The lowest BCUT2D eigenvalue weighted by Crippen LogP contribution is -2.14. The largest absolute Gasteiger partial charge is 0.325 e. The van der Waals surface area contributed by atoms with Gasteiger partial charge in [0.25, 0.3) is 0 Å². The van der Waals surface area contributed by atoms with E-state index in [9.17, 15) is 4.79 Å². The normalized spacial score (nSPS) is 10.7. The average molecular weight is 430 g/mol. The minimum Gasteiger partial charge on any atom is -0.325 e. The van der Waals surface area contributed by atoms with E-state index in [0.29, 0.717) is 11.0 Å². The van der Waals surface area contributed by atoms with E-state index in [1.807, 2.05) is 59.2 Å². The van der Waals surface area contributed by atoms with Crippen LogP contribution >= 0.6 is 11.8 Å². The van der Waals surface area contributed by atoms with E-state index in [2.05, 4.69) is 39.6 Å². The van der Waals surface area contributed by atoms with Crippen LogP contribution in [0, 0.1) is 0 Å². The molecule has 0 atom stereocenters. The molecule has 0 spiro atoms. The van der Waals surface area contributed by atoms with Crippen LogP contribution in [-0.2, 0) is 11.2 Å². The Balaban J connectivity index is 1.50. The molecule has 4 rings (SSSR count). The zero-order valence-corrected chi connectivity index (χ0v) is 18.0. The molecule has 156 valence electrons. The van der Waals surface area contributed by atoms with Gasteiger partial charge in [-0.15, -0.1) is 10.2 Å². The molecular formula is C24H23N5OS. The predicted molar refractivity (Wildman–Crippen MR) is 124 cm³/mol. The second-order valence-electron chi connectivity index (χ2n) is 7.00. The minimum absolute atomic E-state index is 0.0845. The van der Waals surface area contributed by atoms with E-state index >= 15 is 0 Å². The number of anilines is 1. The van der Waals surface area contributed by atoms with Crippen molar-refractivity contribution in [2.45, 2.75) is 24.9 Å². The number of nitrogens with one attached hydrogen (secondary N) is 1. The summed E-state index contributed by atoms with van der Waals surface area (Å²) in [5.74, 6) is 0.835. The van der Waals surface area contributed by atoms with Crippen LogP contribution in [-0.4, -0.2) is 31.4 Å². The van der Waals surface area contributed by atoms with Crippen molar-refractivity contribution in [3.8, 4) is 17.1 Å². The summed E-state index contributed by atoms with van der Waals surface area (Å²) in [5, 5.41) is 12.3. The van der Waals surface area contributed by atoms with E-state index in [0.717, 1.165) is 29.8 Å². The van der Waals surface area contributed by atoms with Crippen molar-refractivity contribution in [1.29, 1.82) is 0 Å². The smallest absolute Gasteiger partial charge is 0.234 e. The van der Waals surface area contributed by atoms with Crippen LogP contribution in [0.5, 0.6) is 0 Å². The van der Waals surface area contributed by atoms with Gasteiger partial charge in [0.1, 0.15) is 0 Å². The molecule has 31 heavy (non-hydrogen) atoms. The summed E-state index contributed by atoms with van der Waals surface area (Å²) < 4.78 is 1.95. The average Bonchev–Trinajstić information content (AvgIpc) is 3.24. The van der Waals surface area contributed by atoms with Crippen molar-refractivity contribution >= 4 is 23.4 Å². The van der Waals surface area contributed by atoms with Crippen molar-refractivity contribution in [1.82, 2.24) is 19.7 Å². The van der Waals surface area contributed by atoms with Crippen LogP contribution < -0.4 is 5.32 Å². The number of benzene rings is 2. The highest BCUT2D eigenvalue weighted by Gasteiger charge is 2.17. The number of rotatable bonds is 8. The number of nitrogens with zero attached hydrogens (tertiary/aromatic N) is 4. The molecule has 0 aliphatic heterocycles. The molecule has 0 saturated heterocycles. The monoisotopic (exact) mass is 429 g/mol. The molecular weight excluding hydrogens is 406 g/mol. The first kappa shape index (κ1) is 20.8. The summed E-state index contributed by atoms with van der Waals surface area (Å²) >= 11 is 1.35. The van der Waals surface area contributed by atoms with Crippen LogP contribution in [0.25, 0.3) is 17.1 Å². The van der Waals surface area contributed by atoms with Gasteiger partial charge >= 0.3 is 0 Å². The third kappa shape index (κ3) is 5.19. The minimum atomic E-state index is -0.0845. The second kappa shape index (κ2) is 10.0. The first-order valence-corrected chi connectivity index (χ1v) is 11.2. The summed E-state index contributed by atoms with van der Waals surface area (Å²) in [6.07, 6.45) is 5.62. The Labute approximate surface area is 185 Å². The van der Waals surface area contributed by atoms with Gasteiger partial charge in [0, 0.05) is 29.3 Å². The van der Waals surface area contributed by atoms with Crippen LogP contribution in [0.4, 0.5) is 5.69 Å². The van der Waals surface area contributed by atoms with Crippen molar-refractivity contribution in [3.63, 3.8) is 0 Å². The lowest BCUT2D eigenvalue weighted by molar-refractivity contribution is -0.113. The SMILES string of the molecule is CCCc1ccc(NC(=O)CSc2nnc(-c3cccnc3)n2-c2ccccc2)cc1. The Morgan fingerprint density at radius 1 is 1.00 bits per heavy atom. The number of thioether (sulfide) groups is 1. The molecule has 0 saturated carbocycles. The highest BCUT2D eigenvalue weighted by Crippen LogP contribution is 2.27. The lowest BCUT2D eigenvalue weighted by atomic mass is 10.1. The number of aryl methyl sites for hydroxylation is 1. The summed E-state index contributed by atoms with van der Waals surface area (Å²) in [4.78, 5) is 16.7. The maximum atomic E-state index is 12.5. The third-order valence-electron chi connectivity index (χ3n) is 4.68. The maximum Gasteiger partial charge on any atom is 0.234 e. The van der Waals surface area contributed by atoms with Gasteiger partial charge < -0.3 is 5.32 Å². The highest BCUT2D eigenvalue weighted by molar-refractivity contribution is 7.99. The second-order valence-corrected chi connectivity index (χ2v) is 7.95. The molecule has 0 unspecified atom stereocenters. The summed E-state index contributed by atoms with van der Waals surface area (Å²) in [7, 11) is 0. The number of pyridine rings is 1. The Morgan fingerprint density at radius 3 is 2.52 bits per heavy atom. The van der Waals surface area contributed by atoms with Gasteiger partial charge in [0.05, 0.1) is 5.75 Å². The number of hydrogen-bond donors (Lipinski definition) is 1. The first-order chi connectivity index (χ1) is 15.2. The van der Waals surface area contributed by atoms with Crippen molar-refractivity contribution in [2.75, 3.05) is 11.1 Å². The summed E-state index contributed by atoms with van der Waals surface area (Å²) in [5.41, 5.74) is 3.86. The number of carbonyl (C=O) groups is 1. The van der Waals surface area contributed by atoms with Gasteiger partial charge in [-0.3, -0.25) is 14.3 Å². The molecule has 2 aromatic heterocycles. The Bertz CT molecular complexity index is 1130. The molecule has 2 heterocycles. The van der Waals surface area contributed by atoms with E-state index in [1.165, 1.54) is 17.3 Å². The molecule has 0 aliphatic carbocycles. The zero-order valence-electron chi connectivity index (χ0n) is 17.2. The molecule has 2 aromatic carbocycles. The Morgan fingerprint density at radius 2 is 1.81 bits per heavy atom. The number of hydrogen-bond acceptors (Lipinski definition) is 5. The topological polar surface area (TPSA) is 72.7 Å². The number of carbonyl (C=O) groups excluding carboxylic acids is 1. The van der Waals surface area contributed by atoms with Crippen LogP contribution in [0.3, 0.4) is 0 Å². The lowest BCUT2D eigenvalue weighted by Gasteiger charge is -2.10. The molecule has 7 heteroatoms. The molecule has 1 amide bonds. The van der Waals surface area contributed by atoms with Crippen LogP contribution in [0.15, 0.2) is 84.3 Å². The fraction of sp³-hybridized carbons (Fsp3) is 0.167. The van der Waals surface area contributed by atoms with Gasteiger partial charge in [-0.05, 0) is 48.4 Å². The van der Waals surface area contributed by atoms with Crippen LogP contribution in [0.2, 0.25) is 0 Å². The third-order valence-corrected chi connectivity index (χ3v) is 5.61. The standard InChI is InChI=1S/C24H23N5OS/c1-2-7-18-11-13-20(14-12-18)26-22(30)17-31-24-28-27-23(19-8-6-15-25-16-19)29(24)21-9-4-3-5-10-21/h3-6,8-16H,2,7,17H2,1H3,(H,26,30). The van der Waals surface area contributed by atoms with Gasteiger partial charge in [-0.2, -0.15) is 0 Å². The maximum absolute atomic E-state index is 12.5. The molecule has 6 nitrogen and oxygen atoms in total. The molecule has 0 aliphatic rings. The highest BCUT2D eigenvalue weighted by atomic mass is 32.2.